The number of hydrogen-bond acceptors (Lipinski definition) is 8. The van der Waals surface area contributed by atoms with Gasteiger partial charge in [0.05, 0.1) is 18.0 Å². The lowest BCUT2D eigenvalue weighted by Gasteiger charge is -2.31. The van der Waals surface area contributed by atoms with Crippen LogP contribution in [0, 0.1) is 11.3 Å². The van der Waals surface area contributed by atoms with Gasteiger partial charge in [0, 0.05) is 31.6 Å². The Morgan fingerprint density at radius 2 is 2.06 bits per heavy atom. The number of anilines is 2. The Kier molecular flexibility index (Phi) is 8.20. The number of hydrogen-bond donors (Lipinski definition) is 1. The highest BCUT2D eigenvalue weighted by atomic mass is 16.6. The van der Waals surface area contributed by atoms with Crippen molar-refractivity contribution in [1.82, 2.24) is 19.9 Å². The summed E-state index contributed by atoms with van der Waals surface area (Å²) in [6.45, 7) is 6.87. The van der Waals surface area contributed by atoms with Gasteiger partial charge in [-0.1, -0.05) is 13.3 Å². The molecule has 1 aliphatic heterocycles. The summed E-state index contributed by atoms with van der Waals surface area (Å²) in [6.07, 6.45) is 6.94. The molecule has 0 spiro atoms. The van der Waals surface area contributed by atoms with Gasteiger partial charge in [-0.2, -0.15) is 5.26 Å². The highest BCUT2D eigenvalue weighted by Crippen LogP contribution is 2.26. The first kappa shape index (κ1) is 23.3. The molecule has 1 amide bonds. The highest BCUT2D eigenvalue weighted by molar-refractivity contribution is 5.68. The predicted octanol–water partition coefficient (Wildman–Crippen LogP) is 4.22. The lowest BCUT2D eigenvalue weighted by Crippen LogP contribution is -2.42. The standard InChI is InChI=1S/C23H30N6O3/c1-4-5-6-17-7-8-18(14-25-17)28-21-20(13-24)22(27-15-26-21)32-19-9-11-29(12-10-19)23(30)31-16(2)3/h7-8,14-16,19H,4-6,9-12H2,1-3H3,(H,26,27,28). The summed E-state index contributed by atoms with van der Waals surface area (Å²) < 4.78 is 11.3. The monoisotopic (exact) mass is 438 g/mol. The van der Waals surface area contributed by atoms with Crippen LogP contribution in [-0.2, 0) is 11.2 Å². The largest absolute Gasteiger partial charge is 0.473 e. The number of carbonyl (C=O) groups excluding carboxylic acids is 1. The molecule has 1 fully saturated rings. The van der Waals surface area contributed by atoms with Crippen molar-refractivity contribution in [2.75, 3.05) is 18.4 Å². The fourth-order valence-corrected chi connectivity index (χ4v) is 3.39. The first-order valence-corrected chi connectivity index (χ1v) is 11.1. The first-order valence-electron chi connectivity index (χ1n) is 11.1. The van der Waals surface area contributed by atoms with Crippen LogP contribution < -0.4 is 10.1 Å². The maximum absolute atomic E-state index is 12.1. The van der Waals surface area contributed by atoms with Gasteiger partial charge >= 0.3 is 6.09 Å². The number of piperidine rings is 1. The van der Waals surface area contributed by atoms with E-state index in [9.17, 15) is 10.1 Å². The van der Waals surface area contributed by atoms with Crippen molar-refractivity contribution < 1.29 is 14.3 Å². The van der Waals surface area contributed by atoms with Crippen molar-refractivity contribution >= 4 is 17.6 Å². The lowest BCUT2D eigenvalue weighted by atomic mass is 10.1. The molecule has 1 N–H and O–H groups in total. The number of nitriles is 1. The van der Waals surface area contributed by atoms with Gasteiger partial charge in [0.15, 0.2) is 11.4 Å². The van der Waals surface area contributed by atoms with Gasteiger partial charge in [-0.05, 0) is 38.8 Å². The smallest absolute Gasteiger partial charge is 0.410 e. The second kappa shape index (κ2) is 11.3. The third kappa shape index (κ3) is 6.30. The van der Waals surface area contributed by atoms with E-state index in [1.54, 1.807) is 11.1 Å². The predicted molar refractivity (Wildman–Crippen MR) is 120 cm³/mol. The minimum absolute atomic E-state index is 0.146. The maximum Gasteiger partial charge on any atom is 0.410 e. The average molecular weight is 439 g/mol. The normalized spacial score (nSPS) is 14.2. The van der Waals surface area contributed by atoms with Gasteiger partial charge < -0.3 is 19.7 Å². The van der Waals surface area contributed by atoms with Crippen LogP contribution in [0.5, 0.6) is 5.88 Å². The Morgan fingerprint density at radius 3 is 2.69 bits per heavy atom. The number of nitrogens with one attached hydrogen (secondary N) is 1. The number of amides is 1. The fourth-order valence-electron chi connectivity index (χ4n) is 3.39. The van der Waals surface area contributed by atoms with Crippen LogP contribution in [0.1, 0.15) is 57.7 Å². The van der Waals surface area contributed by atoms with Crippen molar-refractivity contribution in [1.29, 1.82) is 5.26 Å². The number of unbranched alkanes of at least 4 members (excludes halogenated alkanes) is 1. The number of rotatable bonds is 8. The third-order valence-electron chi connectivity index (χ3n) is 5.11. The molecule has 1 aliphatic rings. The topological polar surface area (TPSA) is 113 Å². The third-order valence-corrected chi connectivity index (χ3v) is 5.11. The van der Waals surface area contributed by atoms with Crippen LogP contribution in [0.3, 0.4) is 0 Å². The van der Waals surface area contributed by atoms with E-state index < -0.39 is 0 Å². The van der Waals surface area contributed by atoms with Crippen LogP contribution in [0.2, 0.25) is 0 Å². The lowest BCUT2D eigenvalue weighted by molar-refractivity contribution is 0.0506. The van der Waals surface area contributed by atoms with E-state index in [4.69, 9.17) is 9.47 Å². The number of ether oxygens (including phenoxy) is 2. The molecular weight excluding hydrogens is 408 g/mol. The summed E-state index contributed by atoms with van der Waals surface area (Å²) in [7, 11) is 0. The second-order valence-corrected chi connectivity index (χ2v) is 8.02. The number of aryl methyl sites for hydroxylation is 1. The Labute approximate surface area is 188 Å². The Hall–Kier alpha value is -3.41. The number of carbonyl (C=O) groups is 1. The zero-order valence-electron chi connectivity index (χ0n) is 18.9. The van der Waals surface area contributed by atoms with Crippen molar-refractivity contribution in [2.45, 2.75) is 65.1 Å². The summed E-state index contributed by atoms with van der Waals surface area (Å²) >= 11 is 0. The molecule has 3 heterocycles. The van der Waals surface area contributed by atoms with Gasteiger partial charge in [0.25, 0.3) is 0 Å². The Balaban J connectivity index is 1.62. The molecule has 170 valence electrons. The van der Waals surface area contributed by atoms with Crippen molar-refractivity contribution in [2.24, 2.45) is 0 Å². The Morgan fingerprint density at radius 1 is 1.28 bits per heavy atom. The van der Waals surface area contributed by atoms with E-state index in [1.165, 1.54) is 6.33 Å². The van der Waals surface area contributed by atoms with Gasteiger partial charge in [0.2, 0.25) is 5.88 Å². The van der Waals surface area contributed by atoms with Gasteiger partial charge in [-0.15, -0.1) is 0 Å². The van der Waals surface area contributed by atoms with E-state index in [1.807, 2.05) is 26.0 Å². The van der Waals surface area contributed by atoms with Crippen LogP contribution in [0.15, 0.2) is 24.7 Å². The second-order valence-electron chi connectivity index (χ2n) is 8.02. The van der Waals surface area contributed by atoms with Crippen molar-refractivity contribution in [3.05, 3.63) is 35.9 Å². The molecule has 1 saturated heterocycles. The van der Waals surface area contributed by atoms with Gasteiger partial charge in [-0.3, -0.25) is 4.98 Å². The molecule has 0 bridgehead atoms. The van der Waals surface area contributed by atoms with Crippen molar-refractivity contribution in [3.8, 4) is 11.9 Å². The van der Waals surface area contributed by atoms with E-state index >= 15 is 0 Å². The zero-order valence-corrected chi connectivity index (χ0v) is 18.9. The molecule has 9 heteroatoms. The SMILES string of the molecule is CCCCc1ccc(Nc2ncnc(OC3CCN(C(=O)OC(C)C)CC3)c2C#N)cn1. The van der Waals surface area contributed by atoms with Crippen LogP contribution in [-0.4, -0.2) is 51.2 Å². The molecule has 0 aromatic carbocycles. The van der Waals surface area contributed by atoms with E-state index in [2.05, 4.69) is 33.3 Å². The van der Waals surface area contributed by atoms with Gasteiger partial charge in [0.1, 0.15) is 18.5 Å². The Bertz CT molecular complexity index is 934. The van der Waals surface area contributed by atoms with Crippen LogP contribution in [0.25, 0.3) is 0 Å². The number of aromatic nitrogens is 3. The minimum Gasteiger partial charge on any atom is -0.473 e. The molecule has 0 unspecified atom stereocenters. The van der Waals surface area contributed by atoms with E-state index in [-0.39, 0.29) is 29.7 Å². The summed E-state index contributed by atoms with van der Waals surface area (Å²) in [5, 5.41) is 12.9. The first-order chi connectivity index (χ1) is 15.5. The number of nitrogens with zero attached hydrogens (tertiary/aromatic N) is 5. The molecular formula is C23H30N6O3. The van der Waals surface area contributed by atoms with E-state index in [0.717, 1.165) is 30.6 Å². The summed E-state index contributed by atoms with van der Waals surface area (Å²) in [5.41, 5.74) is 2.01. The highest BCUT2D eigenvalue weighted by Gasteiger charge is 2.27. The molecule has 0 aliphatic carbocycles. The molecule has 0 atom stereocenters. The molecule has 3 rings (SSSR count). The molecule has 32 heavy (non-hydrogen) atoms. The zero-order chi connectivity index (χ0) is 22.9. The molecule has 0 radical (unpaired) electrons. The average Bonchev–Trinajstić information content (AvgIpc) is 2.79. The summed E-state index contributed by atoms with van der Waals surface area (Å²) in [6, 6.07) is 6.04. The molecule has 2 aromatic heterocycles. The number of likely N-dealkylation sites (tertiary alicyclic amines) is 1. The van der Waals surface area contributed by atoms with Crippen molar-refractivity contribution in [3.63, 3.8) is 0 Å². The minimum atomic E-state index is -0.306. The molecule has 9 nitrogen and oxygen atoms in total. The molecule has 2 aromatic rings. The fraction of sp³-hybridized carbons (Fsp3) is 0.522. The maximum atomic E-state index is 12.1. The molecule has 0 saturated carbocycles. The van der Waals surface area contributed by atoms with E-state index in [0.29, 0.717) is 31.7 Å². The summed E-state index contributed by atoms with van der Waals surface area (Å²) in [5.74, 6) is 0.610. The summed E-state index contributed by atoms with van der Waals surface area (Å²) in [4.78, 5) is 26.6. The van der Waals surface area contributed by atoms with Crippen LogP contribution >= 0.6 is 0 Å². The van der Waals surface area contributed by atoms with Gasteiger partial charge in [-0.25, -0.2) is 14.8 Å². The van der Waals surface area contributed by atoms with Crippen LogP contribution in [0.4, 0.5) is 16.3 Å². The number of pyridine rings is 1. The quantitative estimate of drug-likeness (QED) is 0.652.